The Kier molecular flexibility index (Phi) is 4.34. The lowest BCUT2D eigenvalue weighted by atomic mass is 10.1. The Hall–Kier alpha value is -2.86. The fourth-order valence-corrected chi connectivity index (χ4v) is 4.50. The number of aromatic nitrogens is 1. The SMILES string of the molecule is O=S(=O)(c1ccccc1)N(Cc1ccc2c(c1)CCO2)c1cccnc1. The predicted octanol–water partition coefficient (Wildman–Crippen LogP) is 3.41. The van der Waals surface area contributed by atoms with Gasteiger partial charge >= 0.3 is 0 Å². The van der Waals surface area contributed by atoms with Gasteiger partial charge in [-0.15, -0.1) is 0 Å². The van der Waals surface area contributed by atoms with Gasteiger partial charge in [0.2, 0.25) is 0 Å². The van der Waals surface area contributed by atoms with Crippen molar-refractivity contribution in [2.75, 3.05) is 10.9 Å². The average Bonchev–Trinajstić information content (AvgIpc) is 3.15. The summed E-state index contributed by atoms with van der Waals surface area (Å²) in [4.78, 5) is 4.34. The molecule has 0 atom stereocenters. The third kappa shape index (κ3) is 3.15. The summed E-state index contributed by atoms with van der Waals surface area (Å²) in [6, 6.07) is 17.8. The van der Waals surface area contributed by atoms with E-state index in [1.165, 1.54) is 4.31 Å². The van der Waals surface area contributed by atoms with Gasteiger partial charge in [-0.1, -0.05) is 30.3 Å². The maximum Gasteiger partial charge on any atom is 0.264 e. The molecule has 0 amide bonds. The van der Waals surface area contributed by atoms with E-state index in [-0.39, 0.29) is 11.4 Å². The summed E-state index contributed by atoms with van der Waals surface area (Å²) in [5, 5.41) is 0. The summed E-state index contributed by atoms with van der Waals surface area (Å²) in [6.45, 7) is 0.906. The topological polar surface area (TPSA) is 59.5 Å². The average molecular weight is 366 g/mol. The van der Waals surface area contributed by atoms with Crippen molar-refractivity contribution in [3.63, 3.8) is 0 Å². The molecular weight excluding hydrogens is 348 g/mol. The van der Waals surface area contributed by atoms with Gasteiger partial charge in [0.15, 0.2) is 0 Å². The number of hydrogen-bond donors (Lipinski definition) is 0. The van der Waals surface area contributed by atoms with Gasteiger partial charge in [-0.05, 0) is 41.5 Å². The summed E-state index contributed by atoms with van der Waals surface area (Å²) in [6.07, 6.45) is 4.04. The maximum atomic E-state index is 13.2. The first-order chi connectivity index (χ1) is 12.6. The summed E-state index contributed by atoms with van der Waals surface area (Å²) >= 11 is 0. The third-order valence-electron chi connectivity index (χ3n) is 4.35. The van der Waals surface area contributed by atoms with Crippen molar-refractivity contribution in [2.24, 2.45) is 0 Å². The van der Waals surface area contributed by atoms with Gasteiger partial charge in [0, 0.05) is 12.6 Å². The van der Waals surface area contributed by atoms with E-state index in [0.717, 1.165) is 23.3 Å². The van der Waals surface area contributed by atoms with Crippen LogP contribution in [0.15, 0.2) is 78.0 Å². The van der Waals surface area contributed by atoms with Crippen molar-refractivity contribution in [3.8, 4) is 5.75 Å². The lowest BCUT2D eigenvalue weighted by Gasteiger charge is -2.24. The molecule has 0 unspecified atom stereocenters. The summed E-state index contributed by atoms with van der Waals surface area (Å²) in [7, 11) is -3.70. The van der Waals surface area contributed by atoms with E-state index < -0.39 is 10.0 Å². The second-order valence-corrected chi connectivity index (χ2v) is 7.94. The maximum absolute atomic E-state index is 13.2. The smallest absolute Gasteiger partial charge is 0.264 e. The number of pyridine rings is 1. The van der Waals surface area contributed by atoms with Crippen LogP contribution < -0.4 is 9.04 Å². The van der Waals surface area contributed by atoms with Gasteiger partial charge in [-0.25, -0.2) is 8.42 Å². The Labute approximate surface area is 152 Å². The minimum Gasteiger partial charge on any atom is -0.493 e. The summed E-state index contributed by atoms with van der Waals surface area (Å²) in [5.41, 5.74) is 2.57. The molecule has 0 saturated carbocycles. The monoisotopic (exact) mass is 366 g/mol. The first kappa shape index (κ1) is 16.6. The van der Waals surface area contributed by atoms with E-state index in [0.29, 0.717) is 12.3 Å². The third-order valence-corrected chi connectivity index (χ3v) is 6.13. The van der Waals surface area contributed by atoms with Crippen LogP contribution in [0.3, 0.4) is 0 Å². The van der Waals surface area contributed by atoms with Crippen LogP contribution in [0, 0.1) is 0 Å². The van der Waals surface area contributed by atoms with E-state index in [2.05, 4.69) is 4.98 Å². The van der Waals surface area contributed by atoms with Crippen molar-refractivity contribution < 1.29 is 13.2 Å². The standard InChI is InChI=1S/C20H18N2O3S/c23-26(24,19-6-2-1-3-7-19)22(18-5-4-11-21-14-18)15-16-8-9-20-17(13-16)10-12-25-20/h1-9,11,13-14H,10,12,15H2. The molecule has 0 N–H and O–H groups in total. The zero-order chi connectivity index (χ0) is 18.0. The molecule has 2 heterocycles. The molecule has 0 fully saturated rings. The van der Waals surface area contributed by atoms with E-state index >= 15 is 0 Å². The van der Waals surface area contributed by atoms with E-state index in [1.54, 1.807) is 54.9 Å². The highest BCUT2D eigenvalue weighted by molar-refractivity contribution is 7.92. The fourth-order valence-electron chi connectivity index (χ4n) is 3.04. The molecule has 3 aromatic rings. The van der Waals surface area contributed by atoms with Gasteiger partial charge < -0.3 is 4.74 Å². The number of fused-ring (bicyclic) bond motifs is 1. The van der Waals surface area contributed by atoms with Crippen molar-refractivity contribution in [3.05, 3.63) is 84.2 Å². The zero-order valence-corrected chi connectivity index (χ0v) is 14.9. The molecule has 1 aliphatic rings. The Balaban J connectivity index is 1.75. The first-order valence-corrected chi connectivity index (χ1v) is 9.81. The molecule has 132 valence electrons. The quantitative estimate of drug-likeness (QED) is 0.694. The molecular formula is C20H18N2O3S. The molecule has 0 aliphatic carbocycles. The van der Waals surface area contributed by atoms with Crippen LogP contribution in [0.1, 0.15) is 11.1 Å². The lowest BCUT2D eigenvalue weighted by molar-refractivity contribution is 0.357. The molecule has 0 bridgehead atoms. The second kappa shape index (κ2) is 6.80. The van der Waals surface area contributed by atoms with Crippen molar-refractivity contribution in [1.29, 1.82) is 0 Å². The number of ether oxygens (including phenoxy) is 1. The number of rotatable bonds is 5. The van der Waals surface area contributed by atoms with Crippen LogP contribution in [0.5, 0.6) is 5.75 Å². The number of sulfonamides is 1. The minimum absolute atomic E-state index is 0.232. The van der Waals surface area contributed by atoms with E-state index in [9.17, 15) is 8.42 Å². The highest BCUT2D eigenvalue weighted by Crippen LogP contribution is 2.29. The van der Waals surface area contributed by atoms with Crippen LogP contribution in [-0.4, -0.2) is 20.0 Å². The summed E-state index contributed by atoms with van der Waals surface area (Å²) < 4.78 is 33.4. The number of benzene rings is 2. The minimum atomic E-state index is -3.70. The molecule has 0 saturated heterocycles. The molecule has 4 rings (SSSR count). The molecule has 6 heteroatoms. The van der Waals surface area contributed by atoms with Gasteiger partial charge in [0.1, 0.15) is 5.75 Å². The number of hydrogen-bond acceptors (Lipinski definition) is 4. The second-order valence-electron chi connectivity index (χ2n) is 6.08. The fraction of sp³-hybridized carbons (Fsp3) is 0.150. The molecule has 0 spiro atoms. The first-order valence-electron chi connectivity index (χ1n) is 8.37. The molecule has 26 heavy (non-hydrogen) atoms. The largest absolute Gasteiger partial charge is 0.493 e. The zero-order valence-electron chi connectivity index (χ0n) is 14.1. The predicted molar refractivity (Wildman–Crippen MR) is 99.7 cm³/mol. The lowest BCUT2D eigenvalue weighted by Crippen LogP contribution is -2.30. The van der Waals surface area contributed by atoms with Gasteiger partial charge in [-0.2, -0.15) is 0 Å². The van der Waals surface area contributed by atoms with E-state index in [1.807, 2.05) is 18.2 Å². The van der Waals surface area contributed by atoms with Crippen LogP contribution in [0.25, 0.3) is 0 Å². The molecule has 0 radical (unpaired) electrons. The van der Waals surface area contributed by atoms with Crippen molar-refractivity contribution in [1.82, 2.24) is 4.98 Å². The van der Waals surface area contributed by atoms with Gasteiger partial charge in [0.25, 0.3) is 10.0 Å². The normalized spacial score (nSPS) is 13.1. The van der Waals surface area contributed by atoms with Gasteiger partial charge in [-0.3, -0.25) is 9.29 Å². The molecule has 1 aromatic heterocycles. The molecule has 1 aliphatic heterocycles. The van der Waals surface area contributed by atoms with Crippen molar-refractivity contribution in [2.45, 2.75) is 17.9 Å². The van der Waals surface area contributed by atoms with Crippen LogP contribution >= 0.6 is 0 Å². The Bertz CT molecular complexity index is 1010. The highest BCUT2D eigenvalue weighted by Gasteiger charge is 2.25. The number of nitrogens with zero attached hydrogens (tertiary/aromatic N) is 2. The highest BCUT2D eigenvalue weighted by atomic mass is 32.2. The van der Waals surface area contributed by atoms with Crippen LogP contribution in [-0.2, 0) is 23.0 Å². The van der Waals surface area contributed by atoms with Crippen LogP contribution in [0.2, 0.25) is 0 Å². The Morgan fingerprint density at radius 1 is 1.04 bits per heavy atom. The van der Waals surface area contributed by atoms with E-state index in [4.69, 9.17) is 4.74 Å². The van der Waals surface area contributed by atoms with Gasteiger partial charge in [0.05, 0.1) is 29.9 Å². The van der Waals surface area contributed by atoms with Crippen molar-refractivity contribution >= 4 is 15.7 Å². The number of anilines is 1. The summed E-state index contributed by atoms with van der Waals surface area (Å²) in [5.74, 6) is 0.882. The van der Waals surface area contributed by atoms with Crippen LogP contribution in [0.4, 0.5) is 5.69 Å². The Morgan fingerprint density at radius 3 is 2.65 bits per heavy atom. The molecule has 5 nitrogen and oxygen atoms in total. The molecule has 2 aromatic carbocycles. The Morgan fingerprint density at radius 2 is 1.88 bits per heavy atom.